The van der Waals surface area contributed by atoms with Gasteiger partial charge in [0.15, 0.2) is 5.84 Å². The molecule has 0 bridgehead atoms. The fourth-order valence-electron chi connectivity index (χ4n) is 1.80. The first-order valence-corrected chi connectivity index (χ1v) is 6.29. The van der Waals surface area contributed by atoms with E-state index >= 15 is 0 Å². The largest absolute Gasteiger partial charge is 0.409 e. The zero-order valence-electron chi connectivity index (χ0n) is 11.9. The highest BCUT2D eigenvalue weighted by Crippen LogP contribution is 2.15. The van der Waals surface area contributed by atoms with Crippen LogP contribution in [0.15, 0.2) is 17.5 Å². The summed E-state index contributed by atoms with van der Waals surface area (Å²) >= 11 is 0. The number of nitrogens with two attached hydrogens (primary N) is 1. The predicted octanol–water partition coefficient (Wildman–Crippen LogP) is 0.487. The Morgan fingerprint density at radius 3 is 2.90 bits per heavy atom. The lowest BCUT2D eigenvalue weighted by Gasteiger charge is -2.18. The highest BCUT2D eigenvalue weighted by Gasteiger charge is 2.27. The van der Waals surface area contributed by atoms with Crippen molar-refractivity contribution in [1.82, 2.24) is 9.78 Å². The number of nitrogens with zero attached hydrogens (tertiary/aromatic N) is 3. The maximum absolute atomic E-state index is 12.1. The van der Waals surface area contributed by atoms with Gasteiger partial charge in [0.05, 0.1) is 25.0 Å². The summed E-state index contributed by atoms with van der Waals surface area (Å²) < 4.78 is 6.60. The van der Waals surface area contributed by atoms with Gasteiger partial charge in [-0.1, -0.05) is 19.0 Å². The summed E-state index contributed by atoms with van der Waals surface area (Å²) in [4.78, 5) is 12.1. The van der Waals surface area contributed by atoms with Crippen LogP contribution in [-0.4, -0.2) is 40.4 Å². The maximum Gasteiger partial charge on any atom is 0.235 e. The van der Waals surface area contributed by atoms with Gasteiger partial charge in [0, 0.05) is 13.3 Å². The molecule has 0 aliphatic heterocycles. The zero-order chi connectivity index (χ0) is 15.1. The van der Waals surface area contributed by atoms with Gasteiger partial charge in [0.25, 0.3) is 0 Å². The Balaban J connectivity index is 2.71. The topological polar surface area (TPSA) is 115 Å². The second-order valence-electron chi connectivity index (χ2n) is 4.72. The molecule has 1 atom stereocenters. The van der Waals surface area contributed by atoms with E-state index in [0.29, 0.717) is 18.8 Å². The smallest absolute Gasteiger partial charge is 0.235 e. The zero-order valence-corrected chi connectivity index (χ0v) is 11.9. The first-order valence-electron chi connectivity index (χ1n) is 6.29. The molecule has 0 saturated carbocycles. The number of rotatable bonds is 7. The van der Waals surface area contributed by atoms with Gasteiger partial charge in [0.2, 0.25) is 5.91 Å². The summed E-state index contributed by atoms with van der Waals surface area (Å²) in [6.07, 6.45) is 3.23. The summed E-state index contributed by atoms with van der Waals surface area (Å²) in [6.45, 7) is 4.78. The Hall–Kier alpha value is -2.09. The molecule has 0 saturated heterocycles. The van der Waals surface area contributed by atoms with E-state index in [4.69, 9.17) is 15.7 Å². The number of oxime groups is 1. The van der Waals surface area contributed by atoms with E-state index in [1.807, 2.05) is 13.8 Å². The second kappa shape index (κ2) is 7.49. The molecule has 0 fully saturated rings. The predicted molar refractivity (Wildman–Crippen MR) is 74.5 cm³/mol. The highest BCUT2D eigenvalue weighted by atomic mass is 16.5. The molecule has 1 aromatic heterocycles. The number of nitrogens with one attached hydrogen (secondary N) is 1. The van der Waals surface area contributed by atoms with Crippen molar-refractivity contribution in [1.29, 1.82) is 0 Å². The van der Waals surface area contributed by atoms with Gasteiger partial charge in [0.1, 0.15) is 5.92 Å². The molecule has 8 nitrogen and oxygen atoms in total. The summed E-state index contributed by atoms with van der Waals surface area (Å²) in [6, 6.07) is 0. The molecule has 8 heteroatoms. The van der Waals surface area contributed by atoms with Gasteiger partial charge in [-0.3, -0.25) is 9.48 Å². The quantitative estimate of drug-likeness (QED) is 0.291. The minimum Gasteiger partial charge on any atom is -0.409 e. The van der Waals surface area contributed by atoms with Crippen LogP contribution in [0.2, 0.25) is 0 Å². The van der Waals surface area contributed by atoms with Gasteiger partial charge < -0.3 is 21.0 Å². The van der Waals surface area contributed by atoms with Crippen LogP contribution in [0.4, 0.5) is 5.69 Å². The number of amidine groups is 1. The molecule has 1 rings (SSSR count). The van der Waals surface area contributed by atoms with Crippen LogP contribution in [0.1, 0.15) is 13.8 Å². The fourth-order valence-corrected chi connectivity index (χ4v) is 1.80. The number of amides is 1. The monoisotopic (exact) mass is 283 g/mol. The molecule has 0 radical (unpaired) electrons. The number of hydrogen-bond donors (Lipinski definition) is 3. The number of hydrogen-bond acceptors (Lipinski definition) is 5. The number of methoxy groups -OCH3 is 1. The molecule has 1 aromatic rings. The van der Waals surface area contributed by atoms with E-state index in [2.05, 4.69) is 15.6 Å². The molecule has 20 heavy (non-hydrogen) atoms. The van der Waals surface area contributed by atoms with Crippen molar-refractivity contribution in [2.75, 3.05) is 19.0 Å². The summed E-state index contributed by atoms with van der Waals surface area (Å²) in [5, 5.41) is 18.4. The molecule has 0 aromatic carbocycles. The Kier molecular flexibility index (Phi) is 5.98. The van der Waals surface area contributed by atoms with E-state index in [0.717, 1.165) is 0 Å². The molecular weight excluding hydrogens is 262 g/mol. The minimum absolute atomic E-state index is 0.0885. The number of ether oxygens (including phenoxy) is 1. The third-order valence-corrected chi connectivity index (χ3v) is 2.81. The van der Waals surface area contributed by atoms with Gasteiger partial charge in [-0.2, -0.15) is 5.10 Å². The molecule has 0 spiro atoms. The molecule has 1 amide bonds. The molecule has 1 heterocycles. The lowest BCUT2D eigenvalue weighted by Crippen LogP contribution is -2.38. The van der Waals surface area contributed by atoms with Crippen LogP contribution in [0.5, 0.6) is 0 Å². The summed E-state index contributed by atoms with van der Waals surface area (Å²) in [5.74, 6) is -1.22. The number of carbonyl (C=O) groups excluding carboxylic acids is 1. The van der Waals surface area contributed by atoms with Crippen molar-refractivity contribution in [2.24, 2.45) is 22.7 Å². The van der Waals surface area contributed by atoms with Crippen LogP contribution in [0.3, 0.4) is 0 Å². The van der Waals surface area contributed by atoms with E-state index in [1.165, 1.54) is 6.20 Å². The SMILES string of the molecule is COCCn1cc(NC(=O)C(C(N)=NO)C(C)C)cn1. The van der Waals surface area contributed by atoms with Crippen molar-refractivity contribution in [3.63, 3.8) is 0 Å². The van der Waals surface area contributed by atoms with E-state index in [1.54, 1.807) is 18.0 Å². The normalized spacial score (nSPS) is 13.5. The molecule has 112 valence electrons. The van der Waals surface area contributed by atoms with E-state index in [-0.39, 0.29) is 17.7 Å². The second-order valence-corrected chi connectivity index (χ2v) is 4.72. The van der Waals surface area contributed by atoms with Crippen LogP contribution in [0, 0.1) is 11.8 Å². The fraction of sp³-hybridized carbons (Fsp3) is 0.583. The highest BCUT2D eigenvalue weighted by molar-refractivity contribution is 6.07. The molecule has 0 aliphatic rings. The average molecular weight is 283 g/mol. The van der Waals surface area contributed by atoms with Crippen LogP contribution >= 0.6 is 0 Å². The van der Waals surface area contributed by atoms with Gasteiger partial charge in [-0.05, 0) is 5.92 Å². The van der Waals surface area contributed by atoms with E-state index in [9.17, 15) is 4.79 Å². The van der Waals surface area contributed by atoms with Crippen molar-refractivity contribution >= 4 is 17.4 Å². The van der Waals surface area contributed by atoms with Gasteiger partial charge >= 0.3 is 0 Å². The number of carbonyl (C=O) groups is 1. The molecule has 4 N–H and O–H groups in total. The van der Waals surface area contributed by atoms with Crippen molar-refractivity contribution in [3.05, 3.63) is 12.4 Å². The molecule has 1 unspecified atom stereocenters. The summed E-state index contributed by atoms with van der Waals surface area (Å²) in [7, 11) is 1.61. The Bertz CT molecular complexity index is 469. The van der Waals surface area contributed by atoms with Crippen molar-refractivity contribution in [2.45, 2.75) is 20.4 Å². The van der Waals surface area contributed by atoms with Gasteiger partial charge in [-0.15, -0.1) is 0 Å². The summed E-state index contributed by atoms with van der Waals surface area (Å²) in [5.41, 5.74) is 6.10. The maximum atomic E-state index is 12.1. The first-order chi connectivity index (χ1) is 9.49. The minimum atomic E-state index is -0.692. The lowest BCUT2D eigenvalue weighted by atomic mass is 9.94. The Morgan fingerprint density at radius 1 is 1.65 bits per heavy atom. The third kappa shape index (κ3) is 4.23. The Labute approximate surface area is 117 Å². The van der Waals surface area contributed by atoms with E-state index < -0.39 is 5.92 Å². The van der Waals surface area contributed by atoms with Crippen LogP contribution in [0.25, 0.3) is 0 Å². The van der Waals surface area contributed by atoms with Crippen LogP contribution in [-0.2, 0) is 16.1 Å². The van der Waals surface area contributed by atoms with Crippen molar-refractivity contribution in [3.8, 4) is 0 Å². The lowest BCUT2D eigenvalue weighted by molar-refractivity contribution is -0.119. The number of anilines is 1. The molecular formula is C12H21N5O3. The average Bonchev–Trinajstić information content (AvgIpc) is 2.83. The first kappa shape index (κ1) is 16.0. The van der Waals surface area contributed by atoms with Crippen LogP contribution < -0.4 is 11.1 Å². The number of aromatic nitrogens is 2. The standard InChI is InChI=1S/C12H21N5O3/c1-8(2)10(11(13)16-19)12(18)15-9-6-14-17(7-9)4-5-20-3/h6-8,10,19H,4-5H2,1-3H3,(H2,13,16)(H,15,18). The van der Waals surface area contributed by atoms with Gasteiger partial charge in [-0.25, -0.2) is 0 Å². The van der Waals surface area contributed by atoms with Crippen molar-refractivity contribution < 1.29 is 14.7 Å². The Morgan fingerprint density at radius 2 is 2.35 bits per heavy atom. The third-order valence-electron chi connectivity index (χ3n) is 2.81. The molecule has 0 aliphatic carbocycles.